The summed E-state index contributed by atoms with van der Waals surface area (Å²) in [5.74, 6) is 1.24. The van der Waals surface area contributed by atoms with E-state index in [1.807, 2.05) is 78.6 Å². The van der Waals surface area contributed by atoms with Crippen LogP contribution in [0, 0.1) is 6.92 Å². The van der Waals surface area contributed by atoms with Crippen molar-refractivity contribution in [1.29, 1.82) is 0 Å². The van der Waals surface area contributed by atoms with Gasteiger partial charge in [0.1, 0.15) is 11.3 Å². The van der Waals surface area contributed by atoms with E-state index >= 15 is 0 Å². The van der Waals surface area contributed by atoms with Crippen LogP contribution in [0.25, 0.3) is 33.3 Å². The zero-order valence-corrected chi connectivity index (χ0v) is 18.9. The summed E-state index contributed by atoms with van der Waals surface area (Å²) in [6.45, 7) is 4.50. The van der Waals surface area contributed by atoms with Gasteiger partial charge >= 0.3 is 0 Å². The number of aryl methyl sites for hydroxylation is 1. The van der Waals surface area contributed by atoms with Crippen LogP contribution >= 0.6 is 0 Å². The Morgan fingerprint density at radius 3 is 2.18 bits per heavy atom. The van der Waals surface area contributed by atoms with E-state index in [-0.39, 0.29) is 5.91 Å². The van der Waals surface area contributed by atoms with Crippen LogP contribution in [0.5, 0.6) is 0 Å². The first kappa shape index (κ1) is 20.4. The standard InChI is InChI=1S/C28H24N4O2/c1-19-21-11-5-8-14-24(21)34-26(19)28(33)32-17-15-31(16-18-32)27-25(20-9-3-2-4-10-20)29-22-12-6-7-13-23(22)30-27/h2-14H,15-18H2,1H3. The summed E-state index contributed by atoms with van der Waals surface area (Å²) in [5, 5.41) is 0.989. The Bertz CT molecular complexity index is 1500. The monoisotopic (exact) mass is 448 g/mol. The molecular weight excluding hydrogens is 424 g/mol. The van der Waals surface area contributed by atoms with Gasteiger partial charge in [0, 0.05) is 42.7 Å². The Labute approximate surface area is 197 Å². The van der Waals surface area contributed by atoms with Gasteiger partial charge in [-0.3, -0.25) is 4.79 Å². The normalized spacial score (nSPS) is 14.1. The fraction of sp³-hybridized carbons (Fsp3) is 0.179. The Hall–Kier alpha value is -4.19. The number of piperazine rings is 1. The lowest BCUT2D eigenvalue weighted by Crippen LogP contribution is -2.49. The van der Waals surface area contributed by atoms with Gasteiger partial charge in [0.05, 0.1) is 11.0 Å². The SMILES string of the molecule is Cc1c(C(=O)N2CCN(c3nc4ccccc4nc3-c3ccccc3)CC2)oc2ccccc12. The van der Waals surface area contributed by atoms with E-state index in [1.54, 1.807) is 0 Å². The number of aromatic nitrogens is 2. The van der Waals surface area contributed by atoms with Gasteiger partial charge < -0.3 is 14.2 Å². The van der Waals surface area contributed by atoms with Crippen LogP contribution in [0.4, 0.5) is 5.82 Å². The molecule has 0 N–H and O–H groups in total. The number of fused-ring (bicyclic) bond motifs is 2. The van der Waals surface area contributed by atoms with Crippen molar-refractivity contribution in [2.75, 3.05) is 31.1 Å². The first-order valence-corrected chi connectivity index (χ1v) is 11.5. The van der Waals surface area contributed by atoms with Crippen molar-refractivity contribution in [2.24, 2.45) is 0 Å². The Kier molecular flexibility index (Phi) is 4.99. The number of rotatable bonds is 3. The van der Waals surface area contributed by atoms with E-state index in [1.165, 1.54) is 0 Å². The zero-order valence-electron chi connectivity index (χ0n) is 18.9. The molecule has 1 fully saturated rings. The third-order valence-electron chi connectivity index (χ3n) is 6.50. The number of hydrogen-bond donors (Lipinski definition) is 0. The second kappa shape index (κ2) is 8.30. The van der Waals surface area contributed by atoms with Crippen LogP contribution in [0.3, 0.4) is 0 Å². The number of anilines is 1. The largest absolute Gasteiger partial charge is 0.451 e. The number of nitrogens with zero attached hydrogens (tertiary/aromatic N) is 4. The molecule has 0 unspecified atom stereocenters. The molecule has 1 aliphatic heterocycles. The van der Waals surface area contributed by atoms with Gasteiger partial charge in [0.15, 0.2) is 11.6 Å². The maximum atomic E-state index is 13.3. The molecular formula is C28H24N4O2. The zero-order chi connectivity index (χ0) is 23.1. The van der Waals surface area contributed by atoms with Crippen molar-refractivity contribution in [2.45, 2.75) is 6.92 Å². The molecule has 0 atom stereocenters. The van der Waals surface area contributed by atoms with Gasteiger partial charge in [-0.1, -0.05) is 60.7 Å². The fourth-order valence-electron chi connectivity index (χ4n) is 4.64. The second-order valence-corrected chi connectivity index (χ2v) is 8.58. The number of benzene rings is 3. The maximum Gasteiger partial charge on any atom is 0.290 e. The fourth-order valence-corrected chi connectivity index (χ4v) is 4.64. The van der Waals surface area contributed by atoms with E-state index < -0.39 is 0 Å². The molecule has 1 aliphatic rings. The van der Waals surface area contributed by atoms with Crippen LogP contribution in [0.1, 0.15) is 16.1 Å². The smallest absolute Gasteiger partial charge is 0.290 e. The van der Waals surface area contributed by atoms with E-state index in [0.29, 0.717) is 31.9 Å². The number of furan rings is 1. The highest BCUT2D eigenvalue weighted by Crippen LogP contribution is 2.31. The van der Waals surface area contributed by atoms with Crippen LogP contribution in [0.2, 0.25) is 0 Å². The second-order valence-electron chi connectivity index (χ2n) is 8.58. The lowest BCUT2D eigenvalue weighted by atomic mass is 10.1. The van der Waals surface area contributed by atoms with Crippen molar-refractivity contribution in [3.8, 4) is 11.3 Å². The van der Waals surface area contributed by atoms with Gasteiger partial charge in [-0.25, -0.2) is 9.97 Å². The van der Waals surface area contributed by atoms with Crippen LogP contribution in [-0.4, -0.2) is 47.0 Å². The third kappa shape index (κ3) is 3.48. The number of carbonyl (C=O) groups excluding carboxylic acids is 1. The molecule has 168 valence electrons. The molecule has 0 bridgehead atoms. The molecule has 0 aliphatic carbocycles. The summed E-state index contributed by atoms with van der Waals surface area (Å²) in [6.07, 6.45) is 0. The molecule has 3 aromatic carbocycles. The molecule has 2 aromatic heterocycles. The Morgan fingerprint density at radius 2 is 1.44 bits per heavy atom. The molecule has 1 saturated heterocycles. The predicted octanol–water partition coefficient (Wildman–Crippen LogP) is 5.31. The summed E-state index contributed by atoms with van der Waals surface area (Å²) in [5.41, 5.74) is 5.29. The summed E-state index contributed by atoms with van der Waals surface area (Å²) in [4.78, 5) is 27.3. The van der Waals surface area contributed by atoms with E-state index in [2.05, 4.69) is 17.0 Å². The highest BCUT2D eigenvalue weighted by Gasteiger charge is 2.28. The van der Waals surface area contributed by atoms with Crippen molar-refractivity contribution in [1.82, 2.24) is 14.9 Å². The molecule has 3 heterocycles. The van der Waals surface area contributed by atoms with Gasteiger partial charge in [0.25, 0.3) is 5.91 Å². The molecule has 6 nitrogen and oxygen atoms in total. The molecule has 6 heteroatoms. The highest BCUT2D eigenvalue weighted by molar-refractivity contribution is 5.99. The van der Waals surface area contributed by atoms with E-state index in [4.69, 9.17) is 14.4 Å². The number of amides is 1. The van der Waals surface area contributed by atoms with Gasteiger partial charge in [-0.05, 0) is 25.1 Å². The molecule has 1 amide bonds. The van der Waals surface area contributed by atoms with Crippen molar-refractivity contribution >= 4 is 33.7 Å². The molecule has 6 rings (SSSR count). The molecule has 34 heavy (non-hydrogen) atoms. The van der Waals surface area contributed by atoms with E-state index in [0.717, 1.165) is 44.6 Å². The van der Waals surface area contributed by atoms with Crippen LogP contribution < -0.4 is 4.90 Å². The minimum absolute atomic E-state index is 0.0544. The van der Waals surface area contributed by atoms with Gasteiger partial charge in [-0.15, -0.1) is 0 Å². The Balaban J connectivity index is 1.29. The number of carbonyl (C=O) groups is 1. The topological polar surface area (TPSA) is 62.5 Å². The van der Waals surface area contributed by atoms with Crippen LogP contribution in [-0.2, 0) is 0 Å². The minimum atomic E-state index is -0.0544. The number of hydrogen-bond acceptors (Lipinski definition) is 5. The molecule has 5 aromatic rings. The van der Waals surface area contributed by atoms with Gasteiger partial charge in [-0.2, -0.15) is 0 Å². The Morgan fingerprint density at radius 1 is 0.794 bits per heavy atom. The third-order valence-corrected chi connectivity index (χ3v) is 6.50. The first-order chi connectivity index (χ1) is 16.7. The molecule has 0 radical (unpaired) electrons. The van der Waals surface area contributed by atoms with Crippen molar-refractivity contribution in [3.05, 3.63) is 90.2 Å². The molecule has 0 saturated carbocycles. The highest BCUT2D eigenvalue weighted by atomic mass is 16.3. The summed E-state index contributed by atoms with van der Waals surface area (Å²) in [6, 6.07) is 25.9. The predicted molar refractivity (Wildman–Crippen MR) is 134 cm³/mol. The summed E-state index contributed by atoms with van der Waals surface area (Å²) < 4.78 is 5.92. The van der Waals surface area contributed by atoms with Gasteiger partial charge in [0.2, 0.25) is 0 Å². The summed E-state index contributed by atoms with van der Waals surface area (Å²) in [7, 11) is 0. The van der Waals surface area contributed by atoms with E-state index in [9.17, 15) is 4.79 Å². The quantitative estimate of drug-likeness (QED) is 0.374. The lowest BCUT2D eigenvalue weighted by molar-refractivity contribution is 0.0716. The average Bonchev–Trinajstić information content (AvgIpc) is 3.24. The maximum absolute atomic E-state index is 13.3. The van der Waals surface area contributed by atoms with Crippen LogP contribution in [0.15, 0.2) is 83.3 Å². The van der Waals surface area contributed by atoms with Crippen molar-refractivity contribution < 1.29 is 9.21 Å². The number of para-hydroxylation sites is 3. The minimum Gasteiger partial charge on any atom is -0.451 e. The summed E-state index contributed by atoms with van der Waals surface area (Å²) >= 11 is 0. The molecule has 0 spiro atoms. The first-order valence-electron chi connectivity index (χ1n) is 11.5. The average molecular weight is 449 g/mol. The lowest BCUT2D eigenvalue weighted by Gasteiger charge is -2.35. The van der Waals surface area contributed by atoms with Crippen molar-refractivity contribution in [3.63, 3.8) is 0 Å².